The zero-order chi connectivity index (χ0) is 24.8. The summed E-state index contributed by atoms with van der Waals surface area (Å²) in [6.07, 6.45) is 4.49. The van der Waals surface area contributed by atoms with Crippen LogP contribution >= 0.6 is 0 Å². The predicted octanol–water partition coefficient (Wildman–Crippen LogP) is 2.57. The van der Waals surface area contributed by atoms with E-state index in [1.54, 1.807) is 4.68 Å². The molecular weight excluding hydrogens is 468 g/mol. The standard InChI is InChI=1S/C27H30N8O2/c36-27(33-12-14-37-15-13-33)19-3-5-20(6-4-19)35-18-25(29-31-35)26-23-16-21(7-8-24(23)28-30-26)34-11-10-32-9-1-2-22(32)17-34/h3-8,16,18,22H,1-2,9-15,17H2,(H,28,30). The fourth-order valence-electron chi connectivity index (χ4n) is 5.82. The van der Waals surface area contributed by atoms with Crippen LogP contribution in [0.4, 0.5) is 5.69 Å². The number of H-pyrrole nitrogens is 1. The zero-order valence-corrected chi connectivity index (χ0v) is 20.7. The molecule has 37 heavy (non-hydrogen) atoms. The topological polar surface area (TPSA) is 95.4 Å². The van der Waals surface area contributed by atoms with Crippen molar-refractivity contribution in [1.82, 2.24) is 35.0 Å². The monoisotopic (exact) mass is 498 g/mol. The number of hydrogen-bond donors (Lipinski definition) is 1. The molecule has 1 amide bonds. The molecule has 0 radical (unpaired) electrons. The minimum Gasteiger partial charge on any atom is -0.378 e. The fourth-order valence-corrected chi connectivity index (χ4v) is 5.82. The first-order valence-corrected chi connectivity index (χ1v) is 13.1. The zero-order valence-electron chi connectivity index (χ0n) is 20.7. The Hall–Kier alpha value is -3.76. The largest absolute Gasteiger partial charge is 0.378 e. The van der Waals surface area contributed by atoms with Gasteiger partial charge in [0, 0.05) is 55.4 Å². The number of morpholine rings is 1. The molecule has 0 aliphatic carbocycles. The minimum absolute atomic E-state index is 0.0299. The molecule has 190 valence electrons. The van der Waals surface area contributed by atoms with Gasteiger partial charge in [0.1, 0.15) is 11.4 Å². The average molecular weight is 499 g/mol. The third kappa shape index (κ3) is 4.15. The third-order valence-corrected chi connectivity index (χ3v) is 7.91. The van der Waals surface area contributed by atoms with Crippen molar-refractivity contribution in [3.05, 3.63) is 54.2 Å². The summed E-state index contributed by atoms with van der Waals surface area (Å²) in [6.45, 7) is 6.94. The van der Waals surface area contributed by atoms with Gasteiger partial charge in [0.15, 0.2) is 0 Å². The molecule has 0 saturated carbocycles. The van der Waals surface area contributed by atoms with Crippen molar-refractivity contribution in [2.75, 3.05) is 57.4 Å². The highest BCUT2D eigenvalue weighted by atomic mass is 16.5. The Bertz CT molecular complexity index is 1420. The van der Waals surface area contributed by atoms with Crippen molar-refractivity contribution in [3.63, 3.8) is 0 Å². The van der Waals surface area contributed by atoms with Crippen LogP contribution in [0, 0.1) is 0 Å². The summed E-state index contributed by atoms with van der Waals surface area (Å²) in [7, 11) is 0. The molecule has 1 N–H and O–H groups in total. The van der Waals surface area contributed by atoms with Crippen LogP contribution in [0.5, 0.6) is 0 Å². The van der Waals surface area contributed by atoms with Crippen molar-refractivity contribution in [2.45, 2.75) is 18.9 Å². The molecule has 1 unspecified atom stereocenters. The van der Waals surface area contributed by atoms with Gasteiger partial charge >= 0.3 is 0 Å². The number of anilines is 1. The molecule has 7 rings (SSSR count). The first-order valence-electron chi connectivity index (χ1n) is 13.1. The Morgan fingerprint density at radius 1 is 0.973 bits per heavy atom. The second-order valence-electron chi connectivity index (χ2n) is 10.1. The number of piperazine rings is 1. The first-order chi connectivity index (χ1) is 18.2. The SMILES string of the molecule is O=C(c1ccc(-n2cc(-c3n[nH]c4ccc(N5CCN6CCCC6C5)cc34)nn2)cc1)N1CCOCC1. The van der Waals surface area contributed by atoms with Gasteiger partial charge in [0.25, 0.3) is 5.91 Å². The van der Waals surface area contributed by atoms with Crippen molar-refractivity contribution in [2.24, 2.45) is 0 Å². The smallest absolute Gasteiger partial charge is 0.254 e. The third-order valence-electron chi connectivity index (χ3n) is 7.91. The lowest BCUT2D eigenvalue weighted by Crippen LogP contribution is -2.50. The number of ether oxygens (including phenoxy) is 1. The van der Waals surface area contributed by atoms with E-state index >= 15 is 0 Å². The van der Waals surface area contributed by atoms with Crippen LogP contribution in [-0.4, -0.2) is 99.4 Å². The normalized spacial score (nSPS) is 20.5. The van der Waals surface area contributed by atoms with Crippen LogP contribution in [0.3, 0.4) is 0 Å². The Labute approximate surface area is 214 Å². The maximum atomic E-state index is 12.7. The van der Waals surface area contributed by atoms with Gasteiger partial charge in [-0.25, -0.2) is 4.68 Å². The highest BCUT2D eigenvalue weighted by Crippen LogP contribution is 2.31. The first kappa shape index (κ1) is 22.4. The molecule has 0 spiro atoms. The molecule has 5 heterocycles. The number of carbonyl (C=O) groups excluding carboxylic acids is 1. The number of carbonyl (C=O) groups is 1. The summed E-state index contributed by atoms with van der Waals surface area (Å²) < 4.78 is 7.08. The summed E-state index contributed by atoms with van der Waals surface area (Å²) in [4.78, 5) is 19.7. The molecule has 10 nitrogen and oxygen atoms in total. The van der Waals surface area contributed by atoms with Crippen LogP contribution in [0.15, 0.2) is 48.7 Å². The van der Waals surface area contributed by atoms with E-state index in [9.17, 15) is 4.79 Å². The van der Waals surface area contributed by atoms with Crippen LogP contribution in [0.2, 0.25) is 0 Å². The molecule has 0 bridgehead atoms. The predicted molar refractivity (Wildman–Crippen MR) is 140 cm³/mol. The molecule has 3 aliphatic heterocycles. The van der Waals surface area contributed by atoms with Gasteiger partial charge in [-0.2, -0.15) is 5.10 Å². The van der Waals surface area contributed by atoms with Gasteiger partial charge in [-0.05, 0) is 61.9 Å². The Kier molecular flexibility index (Phi) is 5.63. The molecule has 2 aromatic carbocycles. The molecule has 2 aromatic heterocycles. The van der Waals surface area contributed by atoms with Gasteiger partial charge in [-0.15, -0.1) is 5.10 Å². The van der Waals surface area contributed by atoms with Crippen LogP contribution < -0.4 is 4.90 Å². The van der Waals surface area contributed by atoms with Crippen LogP contribution in [0.1, 0.15) is 23.2 Å². The highest BCUT2D eigenvalue weighted by Gasteiger charge is 2.30. The summed E-state index contributed by atoms with van der Waals surface area (Å²) in [5.74, 6) is 0.0299. The average Bonchev–Trinajstić information content (AvgIpc) is 3.72. The minimum atomic E-state index is 0.0299. The Morgan fingerprint density at radius 3 is 2.68 bits per heavy atom. The molecule has 3 fully saturated rings. The highest BCUT2D eigenvalue weighted by molar-refractivity contribution is 5.95. The Morgan fingerprint density at radius 2 is 1.81 bits per heavy atom. The lowest BCUT2D eigenvalue weighted by Gasteiger charge is -2.38. The lowest BCUT2D eigenvalue weighted by molar-refractivity contribution is 0.0303. The van der Waals surface area contributed by atoms with Crippen molar-refractivity contribution in [3.8, 4) is 17.1 Å². The number of amides is 1. The summed E-state index contributed by atoms with van der Waals surface area (Å²) >= 11 is 0. The van der Waals surface area contributed by atoms with Crippen LogP contribution in [0.25, 0.3) is 28.0 Å². The number of aromatic nitrogens is 5. The van der Waals surface area contributed by atoms with E-state index in [2.05, 4.69) is 48.5 Å². The summed E-state index contributed by atoms with van der Waals surface area (Å²) in [5.41, 5.74) is 5.22. The molecule has 1 atom stereocenters. The van der Waals surface area contributed by atoms with Gasteiger partial charge in [0.2, 0.25) is 0 Å². The van der Waals surface area contributed by atoms with E-state index in [0.717, 1.165) is 41.9 Å². The van der Waals surface area contributed by atoms with E-state index in [4.69, 9.17) is 4.74 Å². The maximum Gasteiger partial charge on any atom is 0.254 e. The number of rotatable bonds is 4. The van der Waals surface area contributed by atoms with Crippen molar-refractivity contribution < 1.29 is 9.53 Å². The van der Waals surface area contributed by atoms with E-state index in [-0.39, 0.29) is 5.91 Å². The van der Waals surface area contributed by atoms with Gasteiger partial charge < -0.3 is 14.5 Å². The van der Waals surface area contributed by atoms with E-state index in [1.165, 1.54) is 25.1 Å². The molecule has 3 saturated heterocycles. The van der Waals surface area contributed by atoms with E-state index in [0.29, 0.717) is 43.6 Å². The number of hydrogen-bond acceptors (Lipinski definition) is 7. The van der Waals surface area contributed by atoms with Gasteiger partial charge in [-0.3, -0.25) is 14.8 Å². The number of nitrogens with zero attached hydrogens (tertiary/aromatic N) is 7. The second-order valence-corrected chi connectivity index (χ2v) is 10.1. The number of fused-ring (bicyclic) bond motifs is 2. The Balaban J connectivity index is 1.12. The molecule has 10 heteroatoms. The molecule has 3 aliphatic rings. The number of nitrogens with one attached hydrogen (secondary N) is 1. The second kappa shape index (κ2) is 9.28. The number of aromatic amines is 1. The maximum absolute atomic E-state index is 12.7. The van der Waals surface area contributed by atoms with Gasteiger partial charge in [0.05, 0.1) is 30.6 Å². The molecular formula is C27H30N8O2. The quantitative estimate of drug-likeness (QED) is 0.462. The van der Waals surface area contributed by atoms with Crippen molar-refractivity contribution >= 4 is 22.5 Å². The fraction of sp³-hybridized carbons (Fsp3) is 0.407. The summed E-state index contributed by atoms with van der Waals surface area (Å²) in [6, 6.07) is 14.7. The molecule has 4 aromatic rings. The van der Waals surface area contributed by atoms with Gasteiger partial charge in [-0.1, -0.05) is 5.21 Å². The van der Waals surface area contributed by atoms with Crippen molar-refractivity contribution in [1.29, 1.82) is 0 Å². The van der Waals surface area contributed by atoms with E-state index < -0.39 is 0 Å². The lowest BCUT2D eigenvalue weighted by atomic mass is 10.1. The summed E-state index contributed by atoms with van der Waals surface area (Å²) in [5, 5.41) is 17.5. The van der Waals surface area contributed by atoms with Crippen LogP contribution in [-0.2, 0) is 4.74 Å². The van der Waals surface area contributed by atoms with E-state index in [1.807, 2.05) is 35.4 Å². The number of benzene rings is 2.